The SMILES string of the molecule is CCCS(=O)Nc1cccc(Br)c1. The Balaban J connectivity index is 2.58. The maximum Gasteiger partial charge on any atom is 0.117 e. The Hall–Kier alpha value is -0.350. The van der Waals surface area contributed by atoms with Gasteiger partial charge in [-0.3, -0.25) is 0 Å². The number of benzene rings is 1. The van der Waals surface area contributed by atoms with Crippen LogP contribution in [0.25, 0.3) is 0 Å². The van der Waals surface area contributed by atoms with Gasteiger partial charge < -0.3 is 4.72 Å². The lowest BCUT2D eigenvalue weighted by Gasteiger charge is -2.04. The van der Waals surface area contributed by atoms with Crippen molar-refractivity contribution in [3.05, 3.63) is 28.7 Å². The molecule has 1 rings (SSSR count). The zero-order valence-corrected chi connectivity index (χ0v) is 9.82. The van der Waals surface area contributed by atoms with Crippen LogP contribution in [0.5, 0.6) is 0 Å². The summed E-state index contributed by atoms with van der Waals surface area (Å²) in [6.45, 7) is 2.01. The highest BCUT2D eigenvalue weighted by atomic mass is 79.9. The van der Waals surface area contributed by atoms with E-state index in [1.165, 1.54) is 0 Å². The summed E-state index contributed by atoms with van der Waals surface area (Å²) in [5, 5.41) is 0. The monoisotopic (exact) mass is 261 g/mol. The summed E-state index contributed by atoms with van der Waals surface area (Å²) in [5.74, 6) is 0.687. The van der Waals surface area contributed by atoms with E-state index >= 15 is 0 Å². The fraction of sp³-hybridized carbons (Fsp3) is 0.333. The Labute approximate surface area is 89.5 Å². The Morgan fingerprint density at radius 2 is 2.31 bits per heavy atom. The lowest BCUT2D eigenvalue weighted by Crippen LogP contribution is -2.07. The maximum atomic E-state index is 11.3. The van der Waals surface area contributed by atoms with Crippen LogP contribution in [0, 0.1) is 0 Å². The molecule has 0 fully saturated rings. The quantitative estimate of drug-likeness (QED) is 0.888. The van der Waals surface area contributed by atoms with Gasteiger partial charge in [0.1, 0.15) is 11.0 Å². The molecule has 0 bridgehead atoms. The van der Waals surface area contributed by atoms with Gasteiger partial charge in [-0.2, -0.15) is 0 Å². The standard InChI is InChI=1S/C9H12BrNOS/c1-2-6-13(12)11-9-5-3-4-8(10)7-9/h3-5,7,11H,2,6H2,1H3. The lowest BCUT2D eigenvalue weighted by atomic mass is 10.3. The molecule has 4 heteroatoms. The predicted octanol–water partition coefficient (Wildman–Crippen LogP) is 2.93. The van der Waals surface area contributed by atoms with E-state index in [2.05, 4.69) is 20.7 Å². The molecular formula is C9H12BrNOS. The minimum atomic E-state index is -0.950. The van der Waals surface area contributed by atoms with Crippen LogP contribution in [-0.2, 0) is 11.0 Å². The molecule has 1 aromatic rings. The van der Waals surface area contributed by atoms with Crippen molar-refractivity contribution >= 4 is 32.6 Å². The molecule has 0 aliphatic carbocycles. The summed E-state index contributed by atoms with van der Waals surface area (Å²) in [6.07, 6.45) is 0.924. The molecule has 0 aliphatic rings. The molecule has 0 radical (unpaired) electrons. The summed E-state index contributed by atoms with van der Waals surface area (Å²) in [4.78, 5) is 0. The summed E-state index contributed by atoms with van der Waals surface area (Å²) < 4.78 is 15.2. The molecular weight excluding hydrogens is 250 g/mol. The van der Waals surface area contributed by atoms with E-state index in [9.17, 15) is 4.21 Å². The molecule has 0 saturated heterocycles. The van der Waals surface area contributed by atoms with Crippen LogP contribution in [0.1, 0.15) is 13.3 Å². The summed E-state index contributed by atoms with van der Waals surface area (Å²) in [7, 11) is -0.950. The summed E-state index contributed by atoms with van der Waals surface area (Å²) in [5.41, 5.74) is 0.890. The van der Waals surface area contributed by atoms with E-state index in [1.54, 1.807) is 0 Å². The van der Waals surface area contributed by atoms with E-state index < -0.39 is 11.0 Å². The highest BCUT2D eigenvalue weighted by Gasteiger charge is 1.98. The van der Waals surface area contributed by atoms with Crippen LogP contribution in [0.4, 0.5) is 5.69 Å². The highest BCUT2D eigenvalue weighted by molar-refractivity contribution is 9.10. The van der Waals surface area contributed by atoms with Crippen LogP contribution < -0.4 is 4.72 Å². The van der Waals surface area contributed by atoms with Crippen molar-refractivity contribution in [2.24, 2.45) is 0 Å². The Kier molecular flexibility index (Phi) is 4.45. The molecule has 72 valence electrons. The second-order valence-electron chi connectivity index (χ2n) is 2.66. The van der Waals surface area contributed by atoms with Gasteiger partial charge in [0.25, 0.3) is 0 Å². The minimum Gasteiger partial charge on any atom is -0.305 e. The van der Waals surface area contributed by atoms with Crippen LogP contribution in [0.3, 0.4) is 0 Å². The second kappa shape index (κ2) is 5.40. The minimum absolute atomic E-state index is 0.687. The van der Waals surface area contributed by atoms with E-state index in [4.69, 9.17) is 0 Å². The van der Waals surface area contributed by atoms with E-state index in [-0.39, 0.29) is 0 Å². The van der Waals surface area contributed by atoms with Crippen LogP contribution in [-0.4, -0.2) is 9.96 Å². The molecule has 0 spiro atoms. The van der Waals surface area contributed by atoms with Gasteiger partial charge in [0.2, 0.25) is 0 Å². The van der Waals surface area contributed by atoms with Crippen LogP contribution in [0.2, 0.25) is 0 Å². The van der Waals surface area contributed by atoms with Gasteiger partial charge >= 0.3 is 0 Å². The average molecular weight is 262 g/mol. The van der Waals surface area contributed by atoms with Gasteiger partial charge in [-0.05, 0) is 24.6 Å². The third-order valence-electron chi connectivity index (χ3n) is 1.45. The first-order chi connectivity index (χ1) is 6.22. The maximum absolute atomic E-state index is 11.3. The largest absolute Gasteiger partial charge is 0.305 e. The number of nitrogens with one attached hydrogen (secondary N) is 1. The Bertz CT molecular complexity index is 303. The van der Waals surface area contributed by atoms with E-state index in [1.807, 2.05) is 31.2 Å². The van der Waals surface area contributed by atoms with Gasteiger partial charge in [0.15, 0.2) is 0 Å². The number of anilines is 1. The third kappa shape index (κ3) is 3.91. The first kappa shape index (κ1) is 10.7. The zero-order valence-electron chi connectivity index (χ0n) is 7.42. The number of rotatable bonds is 4. The van der Waals surface area contributed by atoms with Gasteiger partial charge in [-0.25, -0.2) is 4.21 Å². The van der Waals surface area contributed by atoms with E-state index in [0.717, 1.165) is 16.6 Å². The molecule has 1 aromatic carbocycles. The van der Waals surface area contributed by atoms with Crippen molar-refractivity contribution < 1.29 is 4.21 Å². The number of hydrogen-bond acceptors (Lipinski definition) is 1. The molecule has 1 N–H and O–H groups in total. The Morgan fingerprint density at radius 3 is 2.92 bits per heavy atom. The normalized spacial score (nSPS) is 12.5. The van der Waals surface area contributed by atoms with E-state index in [0.29, 0.717) is 5.75 Å². The lowest BCUT2D eigenvalue weighted by molar-refractivity contribution is 0.685. The number of hydrogen-bond donors (Lipinski definition) is 1. The van der Waals surface area contributed by atoms with Gasteiger partial charge in [-0.1, -0.05) is 28.9 Å². The zero-order chi connectivity index (χ0) is 9.68. The fourth-order valence-corrected chi connectivity index (χ4v) is 2.18. The fourth-order valence-electron chi connectivity index (χ4n) is 0.920. The third-order valence-corrected chi connectivity index (χ3v) is 3.18. The first-order valence-electron chi connectivity index (χ1n) is 4.13. The molecule has 0 aliphatic heterocycles. The molecule has 13 heavy (non-hydrogen) atoms. The van der Waals surface area contributed by atoms with Crippen molar-refractivity contribution in [1.82, 2.24) is 0 Å². The van der Waals surface area contributed by atoms with Gasteiger partial charge in [-0.15, -0.1) is 0 Å². The van der Waals surface area contributed by atoms with Crippen LogP contribution in [0.15, 0.2) is 28.7 Å². The van der Waals surface area contributed by atoms with Crippen molar-refractivity contribution in [1.29, 1.82) is 0 Å². The molecule has 1 atom stereocenters. The highest BCUT2D eigenvalue weighted by Crippen LogP contribution is 2.15. The molecule has 0 aromatic heterocycles. The first-order valence-corrected chi connectivity index (χ1v) is 6.24. The van der Waals surface area contributed by atoms with Gasteiger partial charge in [0, 0.05) is 15.9 Å². The molecule has 1 unspecified atom stereocenters. The Morgan fingerprint density at radius 1 is 1.54 bits per heavy atom. The average Bonchev–Trinajstić information content (AvgIpc) is 2.04. The smallest absolute Gasteiger partial charge is 0.117 e. The van der Waals surface area contributed by atoms with Crippen molar-refractivity contribution in [3.8, 4) is 0 Å². The number of halogens is 1. The van der Waals surface area contributed by atoms with Crippen molar-refractivity contribution in [3.63, 3.8) is 0 Å². The summed E-state index contributed by atoms with van der Waals surface area (Å²) in [6, 6.07) is 7.66. The topological polar surface area (TPSA) is 29.1 Å². The summed E-state index contributed by atoms with van der Waals surface area (Å²) >= 11 is 3.35. The molecule has 2 nitrogen and oxygen atoms in total. The molecule has 0 saturated carbocycles. The molecule has 0 heterocycles. The predicted molar refractivity (Wildman–Crippen MR) is 61.1 cm³/mol. The van der Waals surface area contributed by atoms with Crippen molar-refractivity contribution in [2.45, 2.75) is 13.3 Å². The van der Waals surface area contributed by atoms with Crippen molar-refractivity contribution in [2.75, 3.05) is 10.5 Å². The van der Waals surface area contributed by atoms with Gasteiger partial charge in [0.05, 0.1) is 0 Å². The van der Waals surface area contributed by atoms with Crippen LogP contribution >= 0.6 is 15.9 Å². The molecule has 0 amide bonds. The second-order valence-corrected chi connectivity index (χ2v) is 4.88.